The number of carbonyl (C=O) groups excluding carboxylic acids is 1. The van der Waals surface area contributed by atoms with Gasteiger partial charge in [0, 0.05) is 29.6 Å². The topological polar surface area (TPSA) is 72.7 Å². The molecule has 0 radical (unpaired) electrons. The molecule has 0 aliphatic heterocycles. The lowest BCUT2D eigenvalue weighted by atomic mass is 10.2. The maximum absolute atomic E-state index is 13.5. The molecule has 1 amide bonds. The Labute approximate surface area is 177 Å². The average Bonchev–Trinajstić information content (AvgIpc) is 3.20. The highest BCUT2D eigenvalue weighted by atomic mass is 19.4. The number of hydrogen-bond acceptors (Lipinski definition) is 4. The van der Waals surface area contributed by atoms with Gasteiger partial charge in [-0.25, -0.2) is 18.4 Å². The number of halogens is 5. The summed E-state index contributed by atoms with van der Waals surface area (Å²) < 4.78 is 67.8. The van der Waals surface area contributed by atoms with Gasteiger partial charge in [-0.15, -0.1) is 0 Å². The molecule has 3 heterocycles. The Hall–Kier alpha value is -4.15. The minimum Gasteiger partial charge on any atom is -0.321 e. The van der Waals surface area contributed by atoms with E-state index in [9.17, 15) is 26.7 Å². The zero-order valence-corrected chi connectivity index (χ0v) is 15.9. The Morgan fingerprint density at radius 3 is 2.31 bits per heavy atom. The van der Waals surface area contributed by atoms with Gasteiger partial charge in [0.05, 0.1) is 17.6 Å². The predicted molar refractivity (Wildman–Crippen MR) is 104 cm³/mol. The second-order valence-corrected chi connectivity index (χ2v) is 6.58. The first-order valence-electron chi connectivity index (χ1n) is 9.02. The van der Waals surface area contributed by atoms with Crippen LogP contribution in [0.3, 0.4) is 0 Å². The Kier molecular flexibility index (Phi) is 5.39. The van der Waals surface area contributed by atoms with Crippen molar-refractivity contribution in [3.63, 3.8) is 0 Å². The minimum atomic E-state index is -4.70. The summed E-state index contributed by atoms with van der Waals surface area (Å²) in [6.45, 7) is 0. The van der Waals surface area contributed by atoms with Crippen molar-refractivity contribution >= 4 is 11.6 Å². The maximum Gasteiger partial charge on any atom is 0.433 e. The zero-order chi connectivity index (χ0) is 22.9. The van der Waals surface area contributed by atoms with Crippen molar-refractivity contribution in [3.05, 3.63) is 90.0 Å². The molecule has 0 bridgehead atoms. The number of anilines is 1. The number of aromatic nitrogens is 4. The van der Waals surface area contributed by atoms with Crippen LogP contribution in [0.1, 0.15) is 16.1 Å². The third-order valence-electron chi connectivity index (χ3n) is 4.30. The number of rotatable bonds is 4. The largest absolute Gasteiger partial charge is 0.433 e. The molecule has 0 atom stereocenters. The third kappa shape index (κ3) is 4.46. The van der Waals surface area contributed by atoms with E-state index in [1.54, 1.807) is 12.1 Å². The summed E-state index contributed by atoms with van der Waals surface area (Å²) in [7, 11) is 0. The monoisotopic (exact) mass is 445 g/mol. The lowest BCUT2D eigenvalue weighted by molar-refractivity contribution is -0.142. The fraction of sp³-hybridized carbons (Fsp3) is 0.0476. The van der Waals surface area contributed by atoms with Crippen LogP contribution < -0.4 is 5.32 Å². The maximum atomic E-state index is 13.5. The van der Waals surface area contributed by atoms with Gasteiger partial charge in [-0.2, -0.15) is 18.3 Å². The highest BCUT2D eigenvalue weighted by molar-refractivity contribution is 6.04. The summed E-state index contributed by atoms with van der Waals surface area (Å²) in [4.78, 5) is 20.0. The molecule has 4 rings (SSSR count). The average molecular weight is 445 g/mol. The van der Waals surface area contributed by atoms with E-state index in [0.29, 0.717) is 16.3 Å². The number of alkyl halides is 3. The minimum absolute atomic E-state index is 0.0535. The van der Waals surface area contributed by atoms with E-state index in [4.69, 9.17) is 0 Å². The van der Waals surface area contributed by atoms with Crippen molar-refractivity contribution in [1.29, 1.82) is 0 Å². The van der Waals surface area contributed by atoms with Crippen molar-refractivity contribution in [2.45, 2.75) is 6.18 Å². The Balaban J connectivity index is 1.62. The van der Waals surface area contributed by atoms with Gasteiger partial charge in [-0.05, 0) is 42.5 Å². The molecular formula is C21H12F5N5O. The first-order chi connectivity index (χ1) is 15.2. The van der Waals surface area contributed by atoms with Gasteiger partial charge in [0.1, 0.15) is 11.6 Å². The van der Waals surface area contributed by atoms with E-state index in [1.165, 1.54) is 24.5 Å². The molecule has 0 aliphatic carbocycles. The van der Waals surface area contributed by atoms with Crippen LogP contribution in [-0.4, -0.2) is 25.7 Å². The quantitative estimate of drug-likeness (QED) is 0.455. The van der Waals surface area contributed by atoms with Crippen LogP contribution in [-0.2, 0) is 6.18 Å². The van der Waals surface area contributed by atoms with E-state index >= 15 is 0 Å². The number of nitrogens with zero attached hydrogens (tertiary/aromatic N) is 4. The fourth-order valence-corrected chi connectivity index (χ4v) is 2.89. The molecule has 11 heteroatoms. The summed E-state index contributed by atoms with van der Waals surface area (Å²) in [6.07, 6.45) is -0.732. The smallest absolute Gasteiger partial charge is 0.321 e. The molecule has 0 saturated heterocycles. The number of nitrogens with one attached hydrogen (secondary N) is 1. The van der Waals surface area contributed by atoms with Gasteiger partial charge < -0.3 is 5.32 Å². The van der Waals surface area contributed by atoms with Gasteiger partial charge >= 0.3 is 6.18 Å². The lowest BCUT2D eigenvalue weighted by Crippen LogP contribution is -2.15. The molecule has 1 N–H and O–H groups in total. The normalized spacial score (nSPS) is 11.4. The predicted octanol–water partition coefficient (Wildman–Crippen LogP) is 4.88. The molecule has 0 saturated carbocycles. The zero-order valence-electron chi connectivity index (χ0n) is 15.9. The number of benzene rings is 1. The number of carbonyl (C=O) groups is 1. The van der Waals surface area contributed by atoms with Gasteiger partial charge in [0.15, 0.2) is 11.5 Å². The van der Waals surface area contributed by atoms with Crippen LogP contribution in [0, 0.1) is 11.6 Å². The van der Waals surface area contributed by atoms with Crippen LogP contribution in [0.25, 0.3) is 17.1 Å². The van der Waals surface area contributed by atoms with E-state index < -0.39 is 29.4 Å². The van der Waals surface area contributed by atoms with Crippen molar-refractivity contribution in [2.24, 2.45) is 0 Å². The van der Waals surface area contributed by atoms with Crippen molar-refractivity contribution in [3.8, 4) is 17.1 Å². The van der Waals surface area contributed by atoms with Crippen LogP contribution in [0.4, 0.5) is 27.6 Å². The van der Waals surface area contributed by atoms with Crippen LogP contribution in [0.5, 0.6) is 0 Å². The second kappa shape index (κ2) is 8.17. The highest BCUT2D eigenvalue weighted by Crippen LogP contribution is 2.33. The summed E-state index contributed by atoms with van der Waals surface area (Å²) in [6, 6.07) is 8.85. The van der Waals surface area contributed by atoms with Crippen molar-refractivity contribution < 1.29 is 26.7 Å². The number of hydrogen-bond donors (Lipinski definition) is 1. The van der Waals surface area contributed by atoms with Gasteiger partial charge in [0.25, 0.3) is 5.91 Å². The molecular weight excluding hydrogens is 433 g/mol. The van der Waals surface area contributed by atoms with E-state index in [-0.39, 0.29) is 22.8 Å². The molecule has 6 nitrogen and oxygen atoms in total. The first kappa shape index (κ1) is 21.1. The van der Waals surface area contributed by atoms with Crippen molar-refractivity contribution in [2.75, 3.05) is 5.32 Å². The van der Waals surface area contributed by atoms with Crippen LogP contribution in [0.2, 0.25) is 0 Å². The SMILES string of the molecule is O=C(Nc1ccc(-n2nc(-c3cccnc3)cc2C(F)(F)F)nc1)c1cc(F)cc(F)c1. The third-order valence-corrected chi connectivity index (χ3v) is 4.30. The number of amides is 1. The lowest BCUT2D eigenvalue weighted by Gasteiger charge is -2.10. The van der Waals surface area contributed by atoms with Gasteiger partial charge in [-0.1, -0.05) is 0 Å². The van der Waals surface area contributed by atoms with Crippen LogP contribution >= 0.6 is 0 Å². The Morgan fingerprint density at radius 2 is 1.72 bits per heavy atom. The van der Waals surface area contributed by atoms with Gasteiger partial charge in [0.2, 0.25) is 0 Å². The Bertz CT molecular complexity index is 1250. The molecule has 4 aromatic rings. The molecule has 3 aromatic heterocycles. The standard InChI is InChI=1S/C21H12F5N5O/c22-14-6-13(7-15(23)8-14)20(32)29-16-3-4-19(28-11-16)31-18(21(24,25)26)9-17(30-31)12-2-1-5-27-10-12/h1-11H,(H,29,32). The van der Waals surface area contributed by atoms with E-state index in [0.717, 1.165) is 24.4 Å². The van der Waals surface area contributed by atoms with Crippen molar-refractivity contribution in [1.82, 2.24) is 19.7 Å². The Morgan fingerprint density at radius 1 is 0.969 bits per heavy atom. The van der Waals surface area contributed by atoms with Crippen LogP contribution in [0.15, 0.2) is 67.1 Å². The summed E-state index contributed by atoms with van der Waals surface area (Å²) in [5.41, 5.74) is -0.757. The number of pyridine rings is 2. The molecule has 0 spiro atoms. The fourth-order valence-electron chi connectivity index (χ4n) is 2.89. The second-order valence-electron chi connectivity index (χ2n) is 6.58. The highest BCUT2D eigenvalue weighted by Gasteiger charge is 2.36. The summed E-state index contributed by atoms with van der Waals surface area (Å²) in [5.74, 6) is -2.81. The summed E-state index contributed by atoms with van der Waals surface area (Å²) >= 11 is 0. The molecule has 0 unspecified atom stereocenters. The molecule has 1 aromatic carbocycles. The molecule has 162 valence electrons. The molecule has 0 aliphatic rings. The summed E-state index contributed by atoms with van der Waals surface area (Å²) in [5, 5.41) is 6.37. The first-order valence-corrected chi connectivity index (χ1v) is 9.02. The van der Waals surface area contributed by atoms with E-state index in [1.807, 2.05) is 0 Å². The molecule has 32 heavy (non-hydrogen) atoms. The van der Waals surface area contributed by atoms with E-state index in [2.05, 4.69) is 20.4 Å². The van der Waals surface area contributed by atoms with Gasteiger partial charge in [-0.3, -0.25) is 9.78 Å². The molecule has 0 fully saturated rings.